The van der Waals surface area contributed by atoms with Crippen LogP contribution in [0.3, 0.4) is 0 Å². The number of carboxylic acids is 1. The Balaban J connectivity index is 2.78. The fourth-order valence-corrected chi connectivity index (χ4v) is 1.06. The van der Waals surface area contributed by atoms with E-state index in [2.05, 4.69) is 10.3 Å². The highest BCUT2D eigenvalue weighted by atomic mass is 19.1. The minimum absolute atomic E-state index is 0.119. The maximum Gasteiger partial charge on any atom is 0.413 e. The van der Waals surface area contributed by atoms with Crippen LogP contribution in [0.4, 0.5) is 15.0 Å². The second kappa shape index (κ2) is 4.99. The van der Waals surface area contributed by atoms with E-state index in [1.54, 1.807) is 20.8 Å². The molecule has 0 aliphatic rings. The zero-order chi connectivity index (χ0) is 13.9. The predicted octanol–water partition coefficient (Wildman–Crippen LogP) is 2.27. The van der Waals surface area contributed by atoms with E-state index in [0.29, 0.717) is 0 Å². The number of nitrogens with one attached hydrogen (secondary N) is 1. The monoisotopic (exact) mass is 256 g/mol. The van der Waals surface area contributed by atoms with Crippen LogP contribution in [-0.2, 0) is 4.74 Å². The van der Waals surface area contributed by atoms with Crippen LogP contribution in [0.15, 0.2) is 12.3 Å². The van der Waals surface area contributed by atoms with Crippen LogP contribution >= 0.6 is 0 Å². The number of carbonyl (C=O) groups excluding carboxylic acids is 1. The van der Waals surface area contributed by atoms with Gasteiger partial charge in [-0.1, -0.05) is 0 Å². The molecule has 2 N–H and O–H groups in total. The number of aromatic nitrogens is 1. The van der Waals surface area contributed by atoms with Crippen LogP contribution in [0.5, 0.6) is 0 Å². The normalized spacial score (nSPS) is 10.9. The Labute approximate surface area is 103 Å². The number of halogens is 1. The smallest absolute Gasteiger partial charge is 0.413 e. The number of ether oxygens (including phenoxy) is 1. The summed E-state index contributed by atoms with van der Waals surface area (Å²) < 4.78 is 18.2. The van der Waals surface area contributed by atoms with Crippen molar-refractivity contribution in [3.63, 3.8) is 0 Å². The van der Waals surface area contributed by atoms with Crippen molar-refractivity contribution in [3.05, 3.63) is 23.6 Å². The Kier molecular flexibility index (Phi) is 3.85. The number of hydrogen-bond donors (Lipinski definition) is 2. The Bertz CT molecular complexity index is 482. The minimum Gasteiger partial charge on any atom is -0.478 e. The van der Waals surface area contributed by atoms with E-state index in [0.717, 1.165) is 12.3 Å². The summed E-state index contributed by atoms with van der Waals surface area (Å²) in [5.41, 5.74) is -1.26. The van der Waals surface area contributed by atoms with Gasteiger partial charge in [-0.2, -0.15) is 0 Å². The molecule has 0 aliphatic heterocycles. The molecule has 0 aromatic carbocycles. The Hall–Kier alpha value is -2.18. The van der Waals surface area contributed by atoms with Gasteiger partial charge in [0.05, 0.1) is 0 Å². The van der Waals surface area contributed by atoms with Gasteiger partial charge >= 0.3 is 12.1 Å². The lowest BCUT2D eigenvalue weighted by Gasteiger charge is -2.19. The summed E-state index contributed by atoms with van der Waals surface area (Å²) >= 11 is 0. The second-order valence-electron chi connectivity index (χ2n) is 4.48. The molecule has 1 amide bonds. The summed E-state index contributed by atoms with van der Waals surface area (Å²) in [5.74, 6) is -2.53. The maximum absolute atomic E-state index is 13.3. The lowest BCUT2D eigenvalue weighted by molar-refractivity contribution is 0.0634. The van der Waals surface area contributed by atoms with E-state index in [1.165, 1.54) is 0 Å². The highest BCUT2D eigenvalue weighted by Crippen LogP contribution is 2.13. The van der Waals surface area contributed by atoms with Crippen LogP contribution < -0.4 is 5.32 Å². The van der Waals surface area contributed by atoms with Gasteiger partial charge in [0, 0.05) is 12.3 Å². The van der Waals surface area contributed by atoms with Crippen molar-refractivity contribution < 1.29 is 23.8 Å². The Morgan fingerprint density at radius 3 is 2.50 bits per heavy atom. The maximum atomic E-state index is 13.3. The molecular weight excluding hydrogens is 243 g/mol. The molecule has 0 bridgehead atoms. The second-order valence-corrected chi connectivity index (χ2v) is 4.48. The number of hydrogen-bond acceptors (Lipinski definition) is 4. The molecular formula is C11H13FN2O4. The van der Waals surface area contributed by atoms with Crippen molar-refractivity contribution >= 4 is 17.9 Å². The number of anilines is 1. The van der Waals surface area contributed by atoms with E-state index in [4.69, 9.17) is 9.84 Å². The minimum atomic E-state index is -1.43. The largest absolute Gasteiger partial charge is 0.478 e. The lowest BCUT2D eigenvalue weighted by Crippen LogP contribution is -2.27. The number of nitrogens with zero attached hydrogens (tertiary/aromatic N) is 1. The van der Waals surface area contributed by atoms with Gasteiger partial charge in [0.2, 0.25) is 0 Å². The summed E-state index contributed by atoms with van der Waals surface area (Å²) in [4.78, 5) is 25.5. The van der Waals surface area contributed by atoms with Crippen molar-refractivity contribution in [2.75, 3.05) is 5.32 Å². The zero-order valence-corrected chi connectivity index (χ0v) is 10.2. The molecule has 1 aromatic heterocycles. The van der Waals surface area contributed by atoms with Crippen molar-refractivity contribution in [3.8, 4) is 0 Å². The molecule has 0 saturated carbocycles. The molecule has 0 spiro atoms. The molecule has 0 unspecified atom stereocenters. The van der Waals surface area contributed by atoms with Gasteiger partial charge < -0.3 is 9.84 Å². The topological polar surface area (TPSA) is 88.5 Å². The molecule has 18 heavy (non-hydrogen) atoms. The summed E-state index contributed by atoms with van der Waals surface area (Å²) in [6.45, 7) is 5.02. The third-order valence-electron chi connectivity index (χ3n) is 1.71. The van der Waals surface area contributed by atoms with Gasteiger partial charge in [0.1, 0.15) is 22.8 Å². The number of rotatable bonds is 2. The first kappa shape index (κ1) is 13.9. The van der Waals surface area contributed by atoms with Crippen molar-refractivity contribution in [2.24, 2.45) is 0 Å². The van der Waals surface area contributed by atoms with Gasteiger partial charge in [-0.05, 0) is 20.8 Å². The molecule has 7 heteroatoms. The van der Waals surface area contributed by atoms with Gasteiger partial charge in [-0.3, -0.25) is 5.32 Å². The van der Waals surface area contributed by atoms with Gasteiger partial charge in [-0.25, -0.2) is 19.0 Å². The first-order valence-corrected chi connectivity index (χ1v) is 5.08. The quantitative estimate of drug-likeness (QED) is 0.847. The lowest BCUT2D eigenvalue weighted by atomic mass is 10.2. The number of pyridine rings is 1. The molecule has 1 aromatic rings. The summed E-state index contributed by atoms with van der Waals surface area (Å²) in [7, 11) is 0. The fraction of sp³-hybridized carbons (Fsp3) is 0.364. The van der Waals surface area contributed by atoms with Crippen LogP contribution in [0.2, 0.25) is 0 Å². The van der Waals surface area contributed by atoms with E-state index >= 15 is 0 Å². The van der Waals surface area contributed by atoms with E-state index < -0.39 is 29.0 Å². The fourth-order valence-electron chi connectivity index (χ4n) is 1.06. The summed E-state index contributed by atoms with van der Waals surface area (Å²) in [5, 5.41) is 10.8. The van der Waals surface area contributed by atoms with Crippen LogP contribution in [0.25, 0.3) is 0 Å². The third-order valence-corrected chi connectivity index (χ3v) is 1.71. The third kappa shape index (κ3) is 4.00. The van der Waals surface area contributed by atoms with Gasteiger partial charge in [0.15, 0.2) is 0 Å². The standard InChI is InChI=1S/C11H13FN2O4/c1-11(2,3)18-10(17)14-8-4-7(12)6(5-13-8)9(15)16/h4-5H,1-3H3,(H,15,16)(H,13,14,17). The van der Waals surface area contributed by atoms with Gasteiger partial charge in [0.25, 0.3) is 0 Å². The van der Waals surface area contributed by atoms with E-state index in [9.17, 15) is 14.0 Å². The highest BCUT2D eigenvalue weighted by Gasteiger charge is 2.18. The van der Waals surface area contributed by atoms with Crippen molar-refractivity contribution in [1.29, 1.82) is 0 Å². The predicted molar refractivity (Wildman–Crippen MR) is 61.0 cm³/mol. The SMILES string of the molecule is CC(C)(C)OC(=O)Nc1cc(F)c(C(=O)O)cn1. The van der Waals surface area contributed by atoms with Crippen molar-refractivity contribution in [1.82, 2.24) is 4.98 Å². The zero-order valence-electron chi connectivity index (χ0n) is 10.2. The molecule has 0 atom stereocenters. The number of carboxylic acid groups (broad SMARTS) is 1. The van der Waals surface area contributed by atoms with Crippen molar-refractivity contribution in [2.45, 2.75) is 26.4 Å². The Morgan fingerprint density at radius 2 is 2.06 bits per heavy atom. The average molecular weight is 256 g/mol. The average Bonchev–Trinajstić information content (AvgIpc) is 2.13. The first-order chi connectivity index (χ1) is 8.19. The van der Waals surface area contributed by atoms with Crippen LogP contribution in [0, 0.1) is 5.82 Å². The number of carbonyl (C=O) groups is 2. The molecule has 0 aliphatic carbocycles. The van der Waals surface area contributed by atoms with E-state index in [1.807, 2.05) is 0 Å². The molecule has 0 fully saturated rings. The van der Waals surface area contributed by atoms with Crippen LogP contribution in [-0.4, -0.2) is 27.8 Å². The molecule has 6 nitrogen and oxygen atoms in total. The molecule has 1 rings (SSSR count). The summed E-state index contributed by atoms with van der Waals surface area (Å²) in [6.07, 6.45) is 0.0298. The summed E-state index contributed by atoms with van der Waals surface area (Å²) in [6, 6.07) is 0.813. The van der Waals surface area contributed by atoms with Gasteiger partial charge in [-0.15, -0.1) is 0 Å². The Morgan fingerprint density at radius 1 is 1.44 bits per heavy atom. The molecule has 0 radical (unpaired) electrons. The highest BCUT2D eigenvalue weighted by molar-refractivity contribution is 5.88. The molecule has 98 valence electrons. The van der Waals surface area contributed by atoms with E-state index in [-0.39, 0.29) is 5.82 Å². The first-order valence-electron chi connectivity index (χ1n) is 5.08. The molecule has 1 heterocycles. The number of amides is 1. The molecule has 0 saturated heterocycles. The van der Waals surface area contributed by atoms with Crippen LogP contribution in [0.1, 0.15) is 31.1 Å². The number of aromatic carboxylic acids is 1.